The van der Waals surface area contributed by atoms with Crippen LogP contribution in [0.2, 0.25) is 5.02 Å². The number of benzene rings is 2. The van der Waals surface area contributed by atoms with Gasteiger partial charge in [0.1, 0.15) is 0 Å². The first kappa shape index (κ1) is 13.3. The van der Waals surface area contributed by atoms with Crippen molar-refractivity contribution in [2.24, 2.45) is 0 Å². The highest BCUT2D eigenvalue weighted by Gasteiger charge is 2.18. The van der Waals surface area contributed by atoms with E-state index in [2.05, 4.69) is 0 Å². The van der Waals surface area contributed by atoms with E-state index in [1.807, 2.05) is 42.5 Å². The summed E-state index contributed by atoms with van der Waals surface area (Å²) in [5.41, 5.74) is 2.14. The van der Waals surface area contributed by atoms with Gasteiger partial charge in [0, 0.05) is 10.9 Å². The number of halogens is 1. The van der Waals surface area contributed by atoms with Crippen molar-refractivity contribution < 1.29 is 14.6 Å². The van der Waals surface area contributed by atoms with E-state index in [0.717, 1.165) is 29.0 Å². The number of ether oxygens (including phenoxy) is 2. The Bertz CT molecular complexity index is 612. The van der Waals surface area contributed by atoms with Crippen molar-refractivity contribution >= 4 is 11.6 Å². The van der Waals surface area contributed by atoms with Crippen LogP contribution >= 0.6 is 11.6 Å². The Kier molecular flexibility index (Phi) is 3.81. The van der Waals surface area contributed by atoms with Crippen molar-refractivity contribution in [3.63, 3.8) is 0 Å². The molecule has 1 atom stereocenters. The zero-order chi connectivity index (χ0) is 13.9. The largest absolute Gasteiger partial charge is 0.454 e. The van der Waals surface area contributed by atoms with E-state index in [0.29, 0.717) is 5.02 Å². The lowest BCUT2D eigenvalue weighted by atomic mass is 9.92. The molecule has 0 radical (unpaired) electrons. The average molecular weight is 291 g/mol. The van der Waals surface area contributed by atoms with Gasteiger partial charge in [0.05, 0.1) is 6.61 Å². The molecule has 1 N–H and O–H groups in total. The molecule has 104 valence electrons. The topological polar surface area (TPSA) is 38.7 Å². The predicted molar refractivity (Wildman–Crippen MR) is 77.5 cm³/mol. The molecule has 0 bridgehead atoms. The van der Waals surface area contributed by atoms with Gasteiger partial charge in [-0.15, -0.1) is 0 Å². The third-order valence-corrected chi connectivity index (χ3v) is 3.69. The summed E-state index contributed by atoms with van der Waals surface area (Å²) < 4.78 is 10.7. The molecule has 1 aliphatic rings. The van der Waals surface area contributed by atoms with Crippen LogP contribution in [0.4, 0.5) is 0 Å². The summed E-state index contributed by atoms with van der Waals surface area (Å²) in [6.45, 7) is 0.336. The zero-order valence-electron chi connectivity index (χ0n) is 10.9. The van der Waals surface area contributed by atoms with E-state index in [9.17, 15) is 5.11 Å². The minimum Gasteiger partial charge on any atom is -0.454 e. The molecular weight excluding hydrogens is 276 g/mol. The highest BCUT2D eigenvalue weighted by atomic mass is 35.5. The molecule has 0 saturated heterocycles. The number of aliphatic hydroxyl groups is 1. The summed E-state index contributed by atoms with van der Waals surface area (Å²) in [6, 6.07) is 13.5. The maximum absolute atomic E-state index is 9.65. The predicted octanol–water partition coefficient (Wildman–Crippen LogP) is 3.39. The maximum atomic E-state index is 9.65. The van der Waals surface area contributed by atoms with E-state index in [1.165, 1.54) is 0 Å². The first-order valence-corrected chi connectivity index (χ1v) is 6.89. The molecule has 2 aromatic rings. The van der Waals surface area contributed by atoms with Crippen molar-refractivity contribution in [3.05, 3.63) is 58.6 Å². The molecule has 20 heavy (non-hydrogen) atoms. The molecule has 1 heterocycles. The van der Waals surface area contributed by atoms with E-state index in [-0.39, 0.29) is 19.3 Å². The fraction of sp³-hybridized carbons (Fsp3) is 0.250. The molecule has 0 fully saturated rings. The molecule has 1 unspecified atom stereocenters. The number of hydrogen-bond donors (Lipinski definition) is 1. The van der Waals surface area contributed by atoms with E-state index < -0.39 is 0 Å². The summed E-state index contributed by atoms with van der Waals surface area (Å²) in [4.78, 5) is 0. The van der Waals surface area contributed by atoms with Crippen LogP contribution in [0.3, 0.4) is 0 Å². The molecule has 1 aliphatic heterocycles. The van der Waals surface area contributed by atoms with Crippen molar-refractivity contribution in [3.8, 4) is 11.5 Å². The Labute approximate surface area is 122 Å². The van der Waals surface area contributed by atoms with E-state index in [1.54, 1.807) is 0 Å². The van der Waals surface area contributed by atoms with Crippen LogP contribution < -0.4 is 9.47 Å². The normalized spacial score (nSPS) is 14.3. The molecule has 0 aromatic heterocycles. The molecule has 0 saturated carbocycles. The lowest BCUT2D eigenvalue weighted by Crippen LogP contribution is -2.07. The van der Waals surface area contributed by atoms with Gasteiger partial charge in [-0.3, -0.25) is 0 Å². The number of rotatable bonds is 4. The summed E-state index contributed by atoms with van der Waals surface area (Å²) >= 11 is 6.00. The number of fused-ring (bicyclic) bond motifs is 1. The first-order chi connectivity index (χ1) is 9.76. The van der Waals surface area contributed by atoms with E-state index in [4.69, 9.17) is 21.1 Å². The summed E-state index contributed by atoms with van der Waals surface area (Å²) in [7, 11) is 0. The Morgan fingerprint density at radius 2 is 1.95 bits per heavy atom. The second-order valence-corrected chi connectivity index (χ2v) is 5.26. The highest BCUT2D eigenvalue weighted by molar-refractivity contribution is 6.30. The molecule has 0 amide bonds. The fourth-order valence-corrected chi connectivity index (χ4v) is 2.62. The quantitative estimate of drug-likeness (QED) is 0.938. The van der Waals surface area contributed by atoms with Crippen LogP contribution in [-0.2, 0) is 6.42 Å². The molecule has 0 aliphatic carbocycles. The Hall–Kier alpha value is -1.71. The molecule has 0 spiro atoms. The van der Waals surface area contributed by atoms with E-state index >= 15 is 0 Å². The van der Waals surface area contributed by atoms with Crippen LogP contribution in [0.5, 0.6) is 11.5 Å². The standard InChI is InChI=1S/C16H15ClO3/c17-14-3-1-2-11(7-14)6-13(9-18)12-4-5-15-16(8-12)20-10-19-15/h1-5,7-8,13,18H,6,9-10H2. The lowest BCUT2D eigenvalue weighted by molar-refractivity contribution is 0.174. The number of hydrogen-bond acceptors (Lipinski definition) is 3. The van der Waals surface area contributed by atoms with Gasteiger partial charge >= 0.3 is 0 Å². The van der Waals surface area contributed by atoms with Gasteiger partial charge in [-0.2, -0.15) is 0 Å². The molecular formula is C16H15ClO3. The van der Waals surface area contributed by atoms with Gasteiger partial charge in [-0.1, -0.05) is 29.8 Å². The third-order valence-electron chi connectivity index (χ3n) is 3.46. The van der Waals surface area contributed by atoms with Crippen LogP contribution in [0, 0.1) is 0 Å². The van der Waals surface area contributed by atoms with Crippen molar-refractivity contribution in [1.29, 1.82) is 0 Å². The van der Waals surface area contributed by atoms with Crippen LogP contribution in [0.25, 0.3) is 0 Å². The molecule has 3 rings (SSSR count). The van der Waals surface area contributed by atoms with Crippen LogP contribution in [-0.4, -0.2) is 18.5 Å². The average Bonchev–Trinajstić information content (AvgIpc) is 2.92. The minimum absolute atomic E-state index is 0.0166. The molecule has 3 nitrogen and oxygen atoms in total. The Morgan fingerprint density at radius 1 is 1.10 bits per heavy atom. The second kappa shape index (κ2) is 5.73. The second-order valence-electron chi connectivity index (χ2n) is 4.83. The Balaban J connectivity index is 1.83. The third kappa shape index (κ3) is 2.74. The minimum atomic E-state index is 0.0166. The summed E-state index contributed by atoms with van der Waals surface area (Å²) in [5, 5.41) is 10.4. The van der Waals surface area contributed by atoms with Crippen molar-refractivity contribution in [1.82, 2.24) is 0 Å². The fourth-order valence-electron chi connectivity index (χ4n) is 2.40. The van der Waals surface area contributed by atoms with Gasteiger partial charge in [0.15, 0.2) is 11.5 Å². The van der Waals surface area contributed by atoms with Crippen molar-refractivity contribution in [2.45, 2.75) is 12.3 Å². The highest BCUT2D eigenvalue weighted by Crippen LogP contribution is 2.35. The van der Waals surface area contributed by atoms with Crippen LogP contribution in [0.15, 0.2) is 42.5 Å². The smallest absolute Gasteiger partial charge is 0.231 e. The maximum Gasteiger partial charge on any atom is 0.231 e. The van der Waals surface area contributed by atoms with Gasteiger partial charge < -0.3 is 14.6 Å². The van der Waals surface area contributed by atoms with Gasteiger partial charge in [0.25, 0.3) is 0 Å². The van der Waals surface area contributed by atoms with Gasteiger partial charge in [-0.25, -0.2) is 0 Å². The summed E-state index contributed by atoms with van der Waals surface area (Å²) in [6.07, 6.45) is 0.733. The monoisotopic (exact) mass is 290 g/mol. The lowest BCUT2D eigenvalue weighted by Gasteiger charge is -2.15. The first-order valence-electron chi connectivity index (χ1n) is 6.51. The van der Waals surface area contributed by atoms with Gasteiger partial charge in [-0.05, 0) is 41.8 Å². The molecule has 2 aromatic carbocycles. The Morgan fingerprint density at radius 3 is 2.75 bits per heavy atom. The zero-order valence-corrected chi connectivity index (χ0v) is 11.6. The van der Waals surface area contributed by atoms with Gasteiger partial charge in [0.2, 0.25) is 6.79 Å². The number of aliphatic hydroxyl groups excluding tert-OH is 1. The molecule has 4 heteroatoms. The van der Waals surface area contributed by atoms with Crippen molar-refractivity contribution in [2.75, 3.05) is 13.4 Å². The summed E-state index contributed by atoms with van der Waals surface area (Å²) in [5.74, 6) is 1.52. The SMILES string of the molecule is OCC(Cc1cccc(Cl)c1)c1ccc2c(c1)OCO2. The van der Waals surface area contributed by atoms with Crippen LogP contribution in [0.1, 0.15) is 17.0 Å².